The third kappa shape index (κ3) is 3.34. The van der Waals surface area contributed by atoms with Crippen molar-refractivity contribution in [3.63, 3.8) is 0 Å². The Morgan fingerprint density at radius 3 is 2.61 bits per heavy atom. The van der Waals surface area contributed by atoms with Gasteiger partial charge in [0.15, 0.2) is 0 Å². The fourth-order valence-electron chi connectivity index (χ4n) is 3.23. The third-order valence-corrected chi connectivity index (χ3v) is 4.58. The summed E-state index contributed by atoms with van der Waals surface area (Å²) >= 11 is 0. The lowest BCUT2D eigenvalue weighted by molar-refractivity contribution is 0.618. The molecule has 0 fully saturated rings. The second kappa shape index (κ2) is 7.65. The number of nitrogens with one attached hydrogen (secondary N) is 1. The average molecular weight is 417 g/mol. The van der Waals surface area contributed by atoms with Crippen LogP contribution in [0.4, 0.5) is 20.4 Å². The van der Waals surface area contributed by atoms with Crippen LogP contribution in [0, 0.1) is 34.3 Å². The van der Waals surface area contributed by atoms with E-state index in [1.54, 1.807) is 6.92 Å². The van der Waals surface area contributed by atoms with E-state index >= 15 is 0 Å². The van der Waals surface area contributed by atoms with Gasteiger partial charge in [-0.05, 0) is 19.1 Å². The normalized spacial score (nSPS) is 11.6. The summed E-state index contributed by atoms with van der Waals surface area (Å²) in [5.74, 6) is -0.862. The summed E-state index contributed by atoms with van der Waals surface area (Å²) in [6.07, 6.45) is 3.60. The van der Waals surface area contributed by atoms with Crippen molar-refractivity contribution >= 4 is 22.7 Å². The van der Waals surface area contributed by atoms with Gasteiger partial charge in [-0.3, -0.25) is 9.55 Å². The van der Waals surface area contributed by atoms with E-state index in [0.717, 1.165) is 12.3 Å². The molecule has 3 N–H and O–H groups in total. The minimum Gasteiger partial charge on any atom is -0.382 e. The van der Waals surface area contributed by atoms with Crippen LogP contribution in [0.15, 0.2) is 36.9 Å². The van der Waals surface area contributed by atoms with Gasteiger partial charge in [0.25, 0.3) is 0 Å². The molecule has 0 saturated heterocycles. The minimum absolute atomic E-state index is 0.00358. The van der Waals surface area contributed by atoms with Gasteiger partial charge in [-0.1, -0.05) is 0 Å². The Labute approximate surface area is 174 Å². The fraction of sp³-hybridized carbons (Fsp3) is 0.100. The van der Waals surface area contributed by atoms with Crippen LogP contribution in [0.3, 0.4) is 0 Å². The first kappa shape index (κ1) is 19.7. The molecule has 0 unspecified atom stereocenters. The molecule has 0 bridgehead atoms. The van der Waals surface area contributed by atoms with E-state index in [9.17, 15) is 19.3 Å². The number of imidazole rings is 1. The molecule has 0 amide bonds. The van der Waals surface area contributed by atoms with Gasteiger partial charge in [0.05, 0.1) is 35.2 Å². The first-order valence-electron chi connectivity index (χ1n) is 8.93. The van der Waals surface area contributed by atoms with Gasteiger partial charge >= 0.3 is 0 Å². The molecule has 152 valence electrons. The smallest absolute Gasteiger partial charge is 0.150 e. The molecule has 9 nitrogen and oxygen atoms in total. The predicted molar refractivity (Wildman–Crippen MR) is 107 cm³/mol. The zero-order valence-electron chi connectivity index (χ0n) is 16.0. The number of benzene rings is 1. The molecule has 0 saturated carbocycles. The molecule has 0 radical (unpaired) electrons. The molecular weight excluding hydrogens is 404 g/mol. The van der Waals surface area contributed by atoms with Gasteiger partial charge in [-0.15, -0.1) is 0 Å². The topological polar surface area (TPSA) is 142 Å². The highest BCUT2D eigenvalue weighted by Crippen LogP contribution is 2.31. The van der Waals surface area contributed by atoms with Crippen LogP contribution in [0.1, 0.15) is 29.9 Å². The van der Waals surface area contributed by atoms with Crippen molar-refractivity contribution in [3.8, 4) is 17.8 Å². The quantitative estimate of drug-likeness (QED) is 0.516. The standard InChI is InChI=1S/C20H13F2N9/c1-10(29-19-14(6-24)18(25)27-9-28-19)20-30-16-3-2-15(22)13(5-23)17(16)31(20)12-4-11(21)7-26-8-12/h2-4,7-10H,1H3,(H3,25,27,28,29)/t10-/m0/s1. The number of hydrogen-bond donors (Lipinski definition) is 2. The van der Waals surface area contributed by atoms with Crippen molar-refractivity contribution in [3.05, 3.63) is 65.5 Å². The number of nitrogen functional groups attached to an aromatic ring is 1. The van der Waals surface area contributed by atoms with Crippen LogP contribution in [0.25, 0.3) is 16.7 Å². The summed E-state index contributed by atoms with van der Waals surface area (Å²) in [6.45, 7) is 1.71. The predicted octanol–water partition coefficient (Wildman–Crippen LogP) is 2.99. The average Bonchev–Trinajstić information content (AvgIpc) is 3.14. The Bertz CT molecular complexity index is 1400. The fourth-order valence-corrected chi connectivity index (χ4v) is 3.23. The molecule has 0 spiro atoms. The molecule has 31 heavy (non-hydrogen) atoms. The van der Waals surface area contributed by atoms with E-state index in [1.165, 1.54) is 29.2 Å². The number of rotatable bonds is 4. The Hall–Kier alpha value is -4.64. The Morgan fingerprint density at radius 2 is 1.90 bits per heavy atom. The number of nitrogens with zero attached hydrogens (tertiary/aromatic N) is 7. The third-order valence-electron chi connectivity index (χ3n) is 4.58. The number of fused-ring (bicyclic) bond motifs is 1. The van der Waals surface area contributed by atoms with Crippen molar-refractivity contribution in [2.24, 2.45) is 0 Å². The molecule has 3 heterocycles. The van der Waals surface area contributed by atoms with Gasteiger partial charge in [0, 0.05) is 6.07 Å². The molecule has 11 heteroatoms. The van der Waals surface area contributed by atoms with Crippen LogP contribution < -0.4 is 11.1 Å². The van der Waals surface area contributed by atoms with Gasteiger partial charge in [-0.25, -0.2) is 23.7 Å². The van der Waals surface area contributed by atoms with E-state index in [2.05, 4.69) is 25.3 Å². The molecule has 4 aromatic rings. The van der Waals surface area contributed by atoms with Crippen molar-refractivity contribution in [1.29, 1.82) is 10.5 Å². The van der Waals surface area contributed by atoms with Crippen LogP contribution in [-0.2, 0) is 0 Å². The van der Waals surface area contributed by atoms with Gasteiger partial charge in [-0.2, -0.15) is 10.5 Å². The zero-order chi connectivity index (χ0) is 22.1. The number of pyridine rings is 1. The van der Waals surface area contributed by atoms with E-state index in [1.807, 2.05) is 12.1 Å². The number of nitriles is 2. The number of hydrogen-bond acceptors (Lipinski definition) is 8. The zero-order valence-corrected chi connectivity index (χ0v) is 16.0. The first-order valence-corrected chi connectivity index (χ1v) is 8.93. The molecule has 1 aromatic carbocycles. The number of aromatic nitrogens is 5. The van der Waals surface area contributed by atoms with E-state index in [0.29, 0.717) is 11.3 Å². The van der Waals surface area contributed by atoms with Crippen molar-refractivity contribution < 1.29 is 8.78 Å². The van der Waals surface area contributed by atoms with E-state index in [4.69, 9.17) is 5.73 Å². The second-order valence-corrected chi connectivity index (χ2v) is 6.53. The highest BCUT2D eigenvalue weighted by Gasteiger charge is 2.23. The summed E-state index contributed by atoms with van der Waals surface area (Å²) < 4.78 is 29.7. The summed E-state index contributed by atoms with van der Waals surface area (Å²) in [6, 6.07) is 6.92. The van der Waals surface area contributed by atoms with E-state index < -0.39 is 17.7 Å². The minimum atomic E-state index is -0.733. The largest absolute Gasteiger partial charge is 0.382 e. The Kier molecular flexibility index (Phi) is 4.85. The van der Waals surface area contributed by atoms with Crippen LogP contribution in [0.2, 0.25) is 0 Å². The molecule has 3 aromatic heterocycles. The maximum atomic E-state index is 14.4. The lowest BCUT2D eigenvalue weighted by atomic mass is 10.2. The lowest BCUT2D eigenvalue weighted by Gasteiger charge is -2.17. The van der Waals surface area contributed by atoms with Crippen LogP contribution >= 0.6 is 0 Å². The SMILES string of the molecule is C[C@H](Nc1ncnc(N)c1C#N)c1nc2ccc(F)c(C#N)c2n1-c1cncc(F)c1. The monoisotopic (exact) mass is 417 g/mol. The summed E-state index contributed by atoms with van der Waals surface area (Å²) in [4.78, 5) is 16.2. The molecule has 1 atom stereocenters. The molecule has 4 rings (SSSR count). The summed E-state index contributed by atoms with van der Waals surface area (Å²) in [5.41, 5.74) is 6.29. The van der Waals surface area contributed by atoms with Crippen molar-refractivity contribution in [1.82, 2.24) is 24.5 Å². The molecular formula is C20H13F2N9. The molecule has 0 aliphatic heterocycles. The summed E-state index contributed by atoms with van der Waals surface area (Å²) in [7, 11) is 0. The molecule has 0 aliphatic rings. The number of anilines is 2. The molecule has 0 aliphatic carbocycles. The van der Waals surface area contributed by atoms with E-state index in [-0.39, 0.29) is 34.0 Å². The lowest BCUT2D eigenvalue weighted by Crippen LogP contribution is -2.16. The highest BCUT2D eigenvalue weighted by atomic mass is 19.1. The Morgan fingerprint density at radius 1 is 1.13 bits per heavy atom. The van der Waals surface area contributed by atoms with Crippen LogP contribution in [-0.4, -0.2) is 24.5 Å². The van der Waals surface area contributed by atoms with Crippen molar-refractivity contribution in [2.45, 2.75) is 13.0 Å². The van der Waals surface area contributed by atoms with Crippen molar-refractivity contribution in [2.75, 3.05) is 11.1 Å². The first-order chi connectivity index (χ1) is 14.9. The van der Waals surface area contributed by atoms with Crippen LogP contribution in [0.5, 0.6) is 0 Å². The van der Waals surface area contributed by atoms with Gasteiger partial charge in [0.1, 0.15) is 58.7 Å². The maximum absolute atomic E-state index is 14.4. The number of halogens is 2. The second-order valence-electron chi connectivity index (χ2n) is 6.53. The Balaban J connectivity index is 1.94. The highest BCUT2D eigenvalue weighted by molar-refractivity contribution is 5.84. The summed E-state index contributed by atoms with van der Waals surface area (Å²) in [5, 5.41) is 21.9. The van der Waals surface area contributed by atoms with Gasteiger partial charge < -0.3 is 11.1 Å². The van der Waals surface area contributed by atoms with Gasteiger partial charge in [0.2, 0.25) is 0 Å². The maximum Gasteiger partial charge on any atom is 0.150 e. The number of nitrogens with two attached hydrogens (primary N) is 1.